The summed E-state index contributed by atoms with van der Waals surface area (Å²) in [5, 5.41) is 13.3. The van der Waals surface area contributed by atoms with Crippen LogP contribution in [0.1, 0.15) is 40.8 Å². The normalized spacial score (nSPS) is 20.5. The number of furan rings is 1. The highest BCUT2D eigenvalue weighted by atomic mass is 35.5. The number of carbonyl (C=O) groups is 1. The van der Waals surface area contributed by atoms with Crippen molar-refractivity contribution in [2.75, 3.05) is 32.8 Å². The van der Waals surface area contributed by atoms with E-state index >= 15 is 0 Å². The third-order valence-electron chi connectivity index (χ3n) is 6.10. The van der Waals surface area contributed by atoms with Crippen molar-refractivity contribution in [3.8, 4) is 0 Å². The summed E-state index contributed by atoms with van der Waals surface area (Å²) in [6.45, 7) is 3.87. The first kappa shape index (κ1) is 21.1. The quantitative estimate of drug-likeness (QED) is 0.563. The van der Waals surface area contributed by atoms with Crippen molar-refractivity contribution < 1.29 is 13.9 Å². The van der Waals surface area contributed by atoms with Crippen LogP contribution in [0, 0.1) is 0 Å². The average molecular weight is 457 g/mol. The number of piperazine rings is 1. The zero-order valence-electron chi connectivity index (χ0n) is 17.6. The molecule has 168 valence electrons. The summed E-state index contributed by atoms with van der Waals surface area (Å²) < 4.78 is 12.9. The molecular formula is C22H25ClN6O3. The Morgan fingerprint density at radius 1 is 1.16 bits per heavy atom. The number of benzene rings is 1. The van der Waals surface area contributed by atoms with E-state index in [2.05, 4.69) is 20.4 Å². The maximum atomic E-state index is 12.7. The number of rotatable bonds is 6. The van der Waals surface area contributed by atoms with Crippen LogP contribution in [-0.4, -0.2) is 74.8 Å². The predicted octanol–water partition coefficient (Wildman–Crippen LogP) is 2.65. The van der Waals surface area contributed by atoms with E-state index in [1.165, 1.54) is 6.26 Å². The Hall–Kier alpha value is -2.75. The van der Waals surface area contributed by atoms with Gasteiger partial charge in [0.1, 0.15) is 0 Å². The Labute approximate surface area is 190 Å². The fourth-order valence-corrected chi connectivity index (χ4v) is 4.69. The lowest BCUT2D eigenvalue weighted by atomic mass is 10.0. The number of hydrogen-bond acceptors (Lipinski definition) is 7. The molecule has 10 heteroatoms. The van der Waals surface area contributed by atoms with E-state index in [1.54, 1.807) is 12.1 Å². The molecule has 4 heterocycles. The first-order valence-electron chi connectivity index (χ1n) is 10.9. The van der Waals surface area contributed by atoms with Gasteiger partial charge in [0.2, 0.25) is 0 Å². The largest absolute Gasteiger partial charge is 0.459 e. The van der Waals surface area contributed by atoms with E-state index in [0.717, 1.165) is 30.8 Å². The van der Waals surface area contributed by atoms with Gasteiger partial charge in [0, 0.05) is 37.8 Å². The summed E-state index contributed by atoms with van der Waals surface area (Å²) in [7, 11) is 0. The van der Waals surface area contributed by atoms with E-state index in [-0.39, 0.29) is 18.1 Å². The Bertz CT molecular complexity index is 1040. The molecular weight excluding hydrogens is 432 g/mol. The van der Waals surface area contributed by atoms with Gasteiger partial charge in [-0.1, -0.05) is 29.8 Å². The number of amides is 1. The molecule has 5 rings (SSSR count). The second kappa shape index (κ2) is 9.40. The number of aromatic nitrogens is 4. The van der Waals surface area contributed by atoms with E-state index < -0.39 is 0 Å². The summed E-state index contributed by atoms with van der Waals surface area (Å²) in [6, 6.07) is 11.0. The highest BCUT2D eigenvalue weighted by molar-refractivity contribution is 6.31. The van der Waals surface area contributed by atoms with Gasteiger partial charge >= 0.3 is 0 Å². The van der Waals surface area contributed by atoms with Gasteiger partial charge in [0.25, 0.3) is 5.91 Å². The summed E-state index contributed by atoms with van der Waals surface area (Å²) in [6.07, 6.45) is 3.70. The van der Waals surface area contributed by atoms with E-state index in [9.17, 15) is 4.79 Å². The fourth-order valence-electron chi connectivity index (χ4n) is 4.45. The van der Waals surface area contributed by atoms with Crippen LogP contribution >= 0.6 is 11.6 Å². The lowest BCUT2D eigenvalue weighted by molar-refractivity contribution is 0.0551. The molecule has 2 fully saturated rings. The van der Waals surface area contributed by atoms with Crippen molar-refractivity contribution >= 4 is 17.5 Å². The molecule has 1 amide bonds. The fraction of sp³-hybridized carbons (Fsp3) is 0.455. The molecule has 0 bridgehead atoms. The lowest BCUT2D eigenvalue weighted by Crippen LogP contribution is -2.50. The molecule has 0 aliphatic carbocycles. The Morgan fingerprint density at radius 3 is 2.72 bits per heavy atom. The molecule has 2 aliphatic heterocycles. The minimum absolute atomic E-state index is 0.0906. The highest BCUT2D eigenvalue weighted by Crippen LogP contribution is 2.33. The highest BCUT2D eigenvalue weighted by Gasteiger charge is 2.34. The Morgan fingerprint density at radius 2 is 2.00 bits per heavy atom. The van der Waals surface area contributed by atoms with Gasteiger partial charge in [0.15, 0.2) is 11.6 Å². The van der Waals surface area contributed by atoms with Gasteiger partial charge in [-0.3, -0.25) is 9.69 Å². The monoisotopic (exact) mass is 456 g/mol. The third kappa shape index (κ3) is 4.28. The van der Waals surface area contributed by atoms with E-state index in [1.807, 2.05) is 33.8 Å². The molecule has 2 atom stereocenters. The first-order chi connectivity index (χ1) is 15.7. The predicted molar refractivity (Wildman–Crippen MR) is 116 cm³/mol. The summed E-state index contributed by atoms with van der Waals surface area (Å²) >= 11 is 6.62. The maximum absolute atomic E-state index is 12.7. The van der Waals surface area contributed by atoms with Crippen LogP contribution in [0.25, 0.3) is 0 Å². The molecule has 32 heavy (non-hydrogen) atoms. The summed E-state index contributed by atoms with van der Waals surface area (Å²) in [5.74, 6) is 1.01. The molecule has 2 saturated heterocycles. The second-order valence-corrected chi connectivity index (χ2v) is 8.49. The number of halogens is 1. The zero-order valence-corrected chi connectivity index (χ0v) is 18.4. The standard InChI is InChI=1S/C22H25ClN6O3/c23-18-7-2-1-6-17(18)20(21-24-25-26-29(21)15-16-5-3-13-31-16)27-9-11-28(12-10-27)22(30)19-8-4-14-32-19/h1-2,4,6-8,14,16,20H,3,5,9-13,15H2/t16-,20+/m1/s1. The molecule has 2 aromatic heterocycles. The molecule has 1 aromatic carbocycles. The summed E-state index contributed by atoms with van der Waals surface area (Å²) in [5.41, 5.74) is 0.948. The van der Waals surface area contributed by atoms with Gasteiger partial charge in [-0.05, 0) is 47.0 Å². The van der Waals surface area contributed by atoms with Crippen LogP contribution < -0.4 is 0 Å². The van der Waals surface area contributed by atoms with Crippen molar-refractivity contribution in [2.45, 2.75) is 31.5 Å². The molecule has 3 aromatic rings. The summed E-state index contributed by atoms with van der Waals surface area (Å²) in [4.78, 5) is 16.8. The van der Waals surface area contributed by atoms with Crippen molar-refractivity contribution in [3.63, 3.8) is 0 Å². The molecule has 0 unspecified atom stereocenters. The maximum Gasteiger partial charge on any atom is 0.289 e. The topological polar surface area (TPSA) is 89.5 Å². The van der Waals surface area contributed by atoms with Crippen molar-refractivity contribution in [3.05, 3.63) is 64.8 Å². The molecule has 2 aliphatic rings. The molecule has 0 spiro atoms. The van der Waals surface area contributed by atoms with Crippen LogP contribution in [0.4, 0.5) is 0 Å². The van der Waals surface area contributed by atoms with Crippen LogP contribution in [0.15, 0.2) is 47.1 Å². The molecule has 0 radical (unpaired) electrons. The number of carbonyl (C=O) groups excluding carboxylic acids is 1. The second-order valence-electron chi connectivity index (χ2n) is 8.08. The molecule has 0 N–H and O–H groups in total. The lowest BCUT2D eigenvalue weighted by Gasteiger charge is -2.38. The Kier molecular flexibility index (Phi) is 6.20. The van der Waals surface area contributed by atoms with Crippen LogP contribution in [0.3, 0.4) is 0 Å². The van der Waals surface area contributed by atoms with Crippen LogP contribution in [0.5, 0.6) is 0 Å². The van der Waals surface area contributed by atoms with Gasteiger partial charge in [0.05, 0.1) is 25.0 Å². The first-order valence-corrected chi connectivity index (χ1v) is 11.3. The van der Waals surface area contributed by atoms with Crippen LogP contribution in [-0.2, 0) is 11.3 Å². The average Bonchev–Trinajstić information content (AvgIpc) is 3.60. The van der Waals surface area contributed by atoms with Crippen LogP contribution in [0.2, 0.25) is 5.02 Å². The minimum atomic E-state index is -0.221. The van der Waals surface area contributed by atoms with E-state index in [4.69, 9.17) is 20.8 Å². The number of hydrogen-bond donors (Lipinski definition) is 0. The third-order valence-corrected chi connectivity index (χ3v) is 6.45. The van der Waals surface area contributed by atoms with Crippen molar-refractivity contribution in [2.24, 2.45) is 0 Å². The number of ether oxygens (including phenoxy) is 1. The Balaban J connectivity index is 1.39. The zero-order chi connectivity index (χ0) is 21.9. The molecule has 9 nitrogen and oxygen atoms in total. The van der Waals surface area contributed by atoms with Gasteiger partial charge in [-0.15, -0.1) is 5.10 Å². The van der Waals surface area contributed by atoms with E-state index in [0.29, 0.717) is 43.5 Å². The SMILES string of the molecule is O=C(c1ccco1)N1CCN([C@@H](c2ccccc2Cl)c2nnnn2C[C@H]2CCCO2)CC1. The van der Waals surface area contributed by atoms with Crippen molar-refractivity contribution in [1.29, 1.82) is 0 Å². The smallest absolute Gasteiger partial charge is 0.289 e. The van der Waals surface area contributed by atoms with Gasteiger partial charge < -0.3 is 14.1 Å². The number of nitrogens with zero attached hydrogens (tertiary/aromatic N) is 6. The minimum Gasteiger partial charge on any atom is -0.459 e. The van der Waals surface area contributed by atoms with Gasteiger partial charge in [-0.2, -0.15) is 0 Å². The van der Waals surface area contributed by atoms with Gasteiger partial charge in [-0.25, -0.2) is 4.68 Å². The number of tetrazole rings is 1. The molecule has 0 saturated carbocycles. The van der Waals surface area contributed by atoms with Crippen molar-refractivity contribution in [1.82, 2.24) is 30.0 Å².